The van der Waals surface area contributed by atoms with Crippen LogP contribution in [0.1, 0.15) is 47.5 Å². The average Bonchev–Trinajstić information content (AvgIpc) is 3.10. The van der Waals surface area contributed by atoms with E-state index in [1.54, 1.807) is 0 Å². The topological polar surface area (TPSA) is 29.6 Å². The van der Waals surface area contributed by atoms with Crippen molar-refractivity contribution in [3.05, 3.63) is 82.2 Å². The van der Waals surface area contributed by atoms with Crippen molar-refractivity contribution < 1.29 is 11.3 Å². The summed E-state index contributed by atoms with van der Waals surface area (Å²) < 4.78 is 2.18. The number of nitrogens with zero attached hydrogens (tertiary/aromatic N) is 3. The zero-order chi connectivity index (χ0) is 23.1. The van der Waals surface area contributed by atoms with Gasteiger partial charge in [-0.1, -0.05) is 36.4 Å². The van der Waals surface area contributed by atoms with Crippen LogP contribution in [0, 0.1) is 27.7 Å². The van der Waals surface area contributed by atoms with Gasteiger partial charge in [0.15, 0.2) is 0 Å². The van der Waals surface area contributed by atoms with Gasteiger partial charge in [0.05, 0.1) is 34.2 Å². The second-order valence-electron chi connectivity index (χ2n) is 7.59. The zero-order valence-electron chi connectivity index (χ0n) is 19.1. The maximum absolute atomic E-state index is 4.93. The molecule has 0 saturated carbocycles. The molecule has 3 nitrogen and oxygen atoms in total. The van der Waals surface area contributed by atoms with Crippen molar-refractivity contribution in [2.24, 2.45) is 17.0 Å². The zero-order valence-corrected chi connectivity index (χ0v) is 23.3. The van der Waals surface area contributed by atoms with Crippen molar-refractivity contribution in [2.45, 2.75) is 41.5 Å². The summed E-state index contributed by atoms with van der Waals surface area (Å²) in [6.07, 6.45) is 0. The first-order chi connectivity index (χ1) is 14.7. The van der Waals surface area contributed by atoms with Crippen LogP contribution in [-0.4, -0.2) is 16.0 Å². The summed E-state index contributed by atoms with van der Waals surface area (Å²) in [6.45, 7) is 12.6. The van der Waals surface area contributed by atoms with Crippen molar-refractivity contribution in [3.63, 3.8) is 0 Å². The van der Waals surface area contributed by atoms with E-state index in [2.05, 4.69) is 130 Å². The van der Waals surface area contributed by atoms with E-state index >= 15 is 0 Å². The van der Waals surface area contributed by atoms with Gasteiger partial charge in [0.25, 0.3) is 0 Å². The van der Waals surface area contributed by atoms with Gasteiger partial charge in [0, 0.05) is 7.05 Å². The molecule has 31 heavy (non-hydrogen) atoms. The molecular weight excluding hydrogens is 558 g/mol. The van der Waals surface area contributed by atoms with Gasteiger partial charge in [-0.05, 0) is 75.9 Å². The van der Waals surface area contributed by atoms with Gasteiger partial charge in [0.2, 0.25) is 0 Å². The number of benzene rings is 2. The Hall–Kier alpha value is -1.46. The fraction of sp³-hybridized carbons (Fsp3) is 0.280. The van der Waals surface area contributed by atoms with Crippen LogP contribution >= 0.6 is 28.2 Å². The normalized spacial score (nSPS) is 12.0. The number of aryl methyl sites for hydroxylation is 4. The number of rotatable bonds is 4. The third-order valence-electron chi connectivity index (χ3n) is 5.30. The van der Waals surface area contributed by atoms with Gasteiger partial charge < -0.3 is 4.57 Å². The predicted molar refractivity (Wildman–Crippen MR) is 139 cm³/mol. The molecule has 2 aromatic carbocycles. The minimum atomic E-state index is 0.875. The van der Waals surface area contributed by atoms with Crippen LogP contribution in [0.15, 0.2) is 58.5 Å². The molecule has 3 aromatic rings. The van der Waals surface area contributed by atoms with E-state index in [0.717, 1.165) is 45.5 Å². The molecule has 0 bridgehead atoms. The molecule has 0 N–H and O–H groups in total. The third-order valence-corrected chi connectivity index (χ3v) is 5.30. The van der Waals surface area contributed by atoms with Crippen LogP contribution in [0.5, 0.6) is 0 Å². The van der Waals surface area contributed by atoms with E-state index < -0.39 is 0 Å². The summed E-state index contributed by atoms with van der Waals surface area (Å²) in [5, 5.41) is 0. The molecule has 0 atom stereocenters. The summed E-state index contributed by atoms with van der Waals surface area (Å²) >= 11 is 7.00. The van der Waals surface area contributed by atoms with Gasteiger partial charge in [-0.3, -0.25) is 9.98 Å². The second kappa shape index (κ2) is 12.0. The standard InChI is InChI=1S/C25H29N3.2BrH.Fe/c1-16-10-8-11-17(2)24(16)26-20(5)22-14-15-23(28(22)7)21(6)27-25-18(3)12-9-13-19(25)4;;;/h8-15H,1-7H3;2*1H;/q;;;+2/p-2. The van der Waals surface area contributed by atoms with E-state index in [9.17, 15) is 0 Å². The van der Waals surface area contributed by atoms with Crippen LogP contribution in [0.3, 0.4) is 0 Å². The first-order valence-corrected chi connectivity index (χ1v) is 15.4. The summed E-state index contributed by atoms with van der Waals surface area (Å²) in [5.74, 6) is 0. The summed E-state index contributed by atoms with van der Waals surface area (Å²) in [5.41, 5.74) is 11.1. The Morgan fingerprint density at radius 1 is 0.677 bits per heavy atom. The van der Waals surface area contributed by atoms with Gasteiger partial charge in [-0.15, -0.1) is 0 Å². The second-order valence-corrected chi connectivity index (χ2v) is 13.2. The Labute approximate surface area is 206 Å². The number of hydrogen-bond donors (Lipinski definition) is 0. The van der Waals surface area contributed by atoms with E-state index in [1.807, 2.05) is 0 Å². The van der Waals surface area contributed by atoms with Gasteiger partial charge in [-0.2, -0.15) is 0 Å². The monoisotopic (exact) mass is 585 g/mol. The molecule has 0 aliphatic heterocycles. The number of aliphatic imine (C=N–C) groups is 2. The van der Waals surface area contributed by atoms with E-state index in [0.29, 0.717) is 0 Å². The molecule has 0 unspecified atom stereocenters. The number of aromatic nitrogens is 1. The van der Waals surface area contributed by atoms with Crippen molar-refractivity contribution >= 4 is 51.0 Å². The average molecular weight is 587 g/mol. The number of para-hydroxylation sites is 2. The Bertz CT molecular complexity index is 988. The molecule has 0 fully saturated rings. The molecule has 0 spiro atoms. The Morgan fingerprint density at radius 3 is 1.26 bits per heavy atom. The molecule has 1 aromatic heterocycles. The first kappa shape index (κ1) is 25.8. The Balaban J connectivity index is 0.00000107. The van der Waals surface area contributed by atoms with Crippen molar-refractivity contribution in [3.8, 4) is 0 Å². The van der Waals surface area contributed by atoms with Crippen LogP contribution < -0.4 is 0 Å². The van der Waals surface area contributed by atoms with Crippen LogP contribution in [0.4, 0.5) is 11.4 Å². The maximum atomic E-state index is 4.93. The number of halogens is 2. The summed E-state index contributed by atoms with van der Waals surface area (Å²) in [7, 11) is 2.08. The van der Waals surface area contributed by atoms with Crippen LogP contribution in [0.2, 0.25) is 0 Å². The van der Waals surface area contributed by atoms with E-state index in [-0.39, 0.29) is 0 Å². The molecule has 0 saturated heterocycles. The van der Waals surface area contributed by atoms with E-state index in [4.69, 9.17) is 9.98 Å². The molecule has 0 aliphatic rings. The Kier molecular flexibility index (Phi) is 9.95. The first-order valence-electron chi connectivity index (χ1n) is 9.95. The third kappa shape index (κ3) is 6.52. The van der Waals surface area contributed by atoms with E-state index in [1.165, 1.54) is 22.3 Å². The van der Waals surface area contributed by atoms with Gasteiger partial charge >= 0.3 is 39.6 Å². The van der Waals surface area contributed by atoms with Gasteiger partial charge in [0.1, 0.15) is 0 Å². The molecule has 166 valence electrons. The SMILES string of the molecule is CC(=Nc1c(C)cccc1C)c1ccc(C(C)=Nc2c(C)cccc2C)n1C.[Br][Fe][Br]. The Morgan fingerprint density at radius 2 is 0.968 bits per heavy atom. The molecule has 0 radical (unpaired) electrons. The molecule has 0 aliphatic carbocycles. The molecular formula is C25H29Br2FeN3. The summed E-state index contributed by atoms with van der Waals surface area (Å²) in [6, 6.07) is 16.8. The molecule has 3 rings (SSSR count). The van der Waals surface area contributed by atoms with Crippen molar-refractivity contribution in [1.82, 2.24) is 4.57 Å². The van der Waals surface area contributed by atoms with Crippen LogP contribution in [-0.2, 0) is 18.4 Å². The minimum absolute atomic E-state index is 0.875. The quantitative estimate of drug-likeness (QED) is 0.218. The van der Waals surface area contributed by atoms with Crippen molar-refractivity contribution in [2.75, 3.05) is 0 Å². The fourth-order valence-corrected chi connectivity index (χ4v) is 3.65. The number of hydrogen-bond acceptors (Lipinski definition) is 2. The van der Waals surface area contributed by atoms with Crippen molar-refractivity contribution in [1.29, 1.82) is 0 Å². The molecule has 0 amide bonds. The fourth-order valence-electron chi connectivity index (χ4n) is 3.65. The predicted octanol–water partition coefficient (Wildman–Crippen LogP) is 8.23. The molecule has 6 heteroatoms. The van der Waals surface area contributed by atoms with Gasteiger partial charge in [-0.25, -0.2) is 0 Å². The summed E-state index contributed by atoms with van der Waals surface area (Å²) in [4.78, 5) is 9.86. The van der Waals surface area contributed by atoms with Crippen LogP contribution in [0.25, 0.3) is 0 Å². The molecule has 1 heterocycles.